The molecule has 1 aliphatic rings. The lowest BCUT2D eigenvalue weighted by molar-refractivity contribution is -0.317. The van der Waals surface area contributed by atoms with Gasteiger partial charge in [-0.1, -0.05) is 73.1 Å². The van der Waals surface area contributed by atoms with Crippen molar-refractivity contribution in [2.75, 3.05) is 19.8 Å². The van der Waals surface area contributed by atoms with Crippen molar-refractivity contribution in [3.05, 3.63) is 34.9 Å². The standard InChI is InChI=1S/C40H72O14/c1-11-20(2)12-21(3)13-26(8)38(54-40-37(50)36(49)35(48)31(18-42)53-40)27(9)15-24(6)32(45)22(4)14-23(5)33(46)25(7)16-28(10)39(51)52-19-30(44)34(47)29(43)17-41/h14-16,20-22,25-27,29-38,40-50H,11-13,17-19H2,1-10H3/b23-14+,24-15+,28-16+/t20-,21-,22-,25-,26+,27+,29-,30-,31+,32-,33+,34+,35+,36-,37-,38+,40-/m0/s1. The minimum absolute atomic E-state index is 0.0477. The van der Waals surface area contributed by atoms with Crippen LogP contribution in [0.3, 0.4) is 0 Å². The molecule has 0 aromatic heterocycles. The number of ether oxygens (including phenoxy) is 3. The molecule has 0 aromatic rings. The number of rotatable bonds is 23. The maximum atomic E-state index is 12.5. The van der Waals surface area contributed by atoms with Crippen molar-refractivity contribution in [2.45, 2.75) is 156 Å². The second kappa shape index (κ2) is 24.1. The average Bonchev–Trinajstić information content (AvgIpc) is 3.13. The van der Waals surface area contributed by atoms with Crippen molar-refractivity contribution in [1.82, 2.24) is 0 Å². The lowest BCUT2D eigenvalue weighted by atomic mass is 9.82. The fourth-order valence-corrected chi connectivity index (χ4v) is 7.16. The van der Waals surface area contributed by atoms with E-state index in [2.05, 4.69) is 20.8 Å². The molecule has 1 fully saturated rings. The molecule has 1 saturated heterocycles. The number of aliphatic hydroxyl groups excluding tert-OH is 10. The van der Waals surface area contributed by atoms with Crippen LogP contribution in [0.2, 0.25) is 0 Å². The molecule has 316 valence electrons. The van der Waals surface area contributed by atoms with Gasteiger partial charge in [0.2, 0.25) is 0 Å². The second-order valence-corrected chi connectivity index (χ2v) is 15.9. The number of hydrogen-bond acceptors (Lipinski definition) is 14. The zero-order valence-electron chi connectivity index (χ0n) is 33.9. The SMILES string of the molecule is CC[C@H](C)C[C@H](C)C[C@@H](C)[C@@H](O[C@@H]1O[C@H](CO)[C@@H](O)[C@H](O)[C@@H]1O)[C@H](C)/C=C(\C)[C@@H](O)[C@@H](C)/C=C(\C)[C@@H](O)[C@@H](C)/C=C(\C)C(=O)OC[C@H](O)[C@H](O)[C@@H](O)CO. The van der Waals surface area contributed by atoms with Crippen molar-refractivity contribution in [3.63, 3.8) is 0 Å². The van der Waals surface area contributed by atoms with E-state index < -0.39 is 105 Å². The Balaban J connectivity index is 3.13. The van der Waals surface area contributed by atoms with Gasteiger partial charge in [-0.05, 0) is 62.5 Å². The van der Waals surface area contributed by atoms with Gasteiger partial charge in [0.05, 0.1) is 31.5 Å². The summed E-state index contributed by atoms with van der Waals surface area (Å²) < 4.78 is 17.1. The van der Waals surface area contributed by atoms with Crippen molar-refractivity contribution in [2.24, 2.45) is 35.5 Å². The Morgan fingerprint density at radius 2 is 1.26 bits per heavy atom. The van der Waals surface area contributed by atoms with Crippen LogP contribution in [0.25, 0.3) is 0 Å². The Morgan fingerprint density at radius 1 is 0.722 bits per heavy atom. The molecular weight excluding hydrogens is 704 g/mol. The molecule has 0 spiro atoms. The Kier molecular flexibility index (Phi) is 22.4. The highest BCUT2D eigenvalue weighted by Crippen LogP contribution is 2.33. The summed E-state index contributed by atoms with van der Waals surface area (Å²) in [5.41, 5.74) is 1.33. The fraction of sp³-hybridized carbons (Fsp3) is 0.825. The van der Waals surface area contributed by atoms with E-state index in [4.69, 9.17) is 19.3 Å². The van der Waals surface area contributed by atoms with E-state index in [0.29, 0.717) is 23.0 Å². The van der Waals surface area contributed by atoms with Crippen LogP contribution in [-0.4, -0.2) is 144 Å². The highest BCUT2D eigenvalue weighted by Gasteiger charge is 2.45. The first-order chi connectivity index (χ1) is 25.1. The van der Waals surface area contributed by atoms with Gasteiger partial charge < -0.3 is 65.3 Å². The monoisotopic (exact) mass is 776 g/mol. The molecule has 10 N–H and O–H groups in total. The normalized spacial score (nSPS) is 28.5. The summed E-state index contributed by atoms with van der Waals surface area (Å²) in [7, 11) is 0. The highest BCUT2D eigenvalue weighted by molar-refractivity contribution is 5.87. The van der Waals surface area contributed by atoms with Crippen LogP contribution in [-0.2, 0) is 19.0 Å². The quantitative estimate of drug-likeness (QED) is 0.0400. The first kappa shape index (κ1) is 50.2. The lowest BCUT2D eigenvalue weighted by Gasteiger charge is -2.42. The minimum atomic E-state index is -1.71. The molecule has 0 radical (unpaired) electrons. The summed E-state index contributed by atoms with van der Waals surface area (Å²) >= 11 is 0. The predicted molar refractivity (Wildman–Crippen MR) is 202 cm³/mol. The first-order valence-corrected chi connectivity index (χ1v) is 19.3. The molecule has 0 aliphatic carbocycles. The number of carbonyl (C=O) groups is 1. The number of hydrogen-bond donors (Lipinski definition) is 10. The molecule has 14 heteroatoms. The summed E-state index contributed by atoms with van der Waals surface area (Å²) in [5.74, 6) is -1.23. The third kappa shape index (κ3) is 15.3. The first-order valence-electron chi connectivity index (χ1n) is 19.3. The molecule has 54 heavy (non-hydrogen) atoms. The zero-order chi connectivity index (χ0) is 41.6. The molecular formula is C40H72O14. The minimum Gasteiger partial charge on any atom is -0.459 e. The molecule has 1 rings (SSSR count). The summed E-state index contributed by atoms with van der Waals surface area (Å²) in [6.45, 7) is 17.0. The zero-order valence-corrected chi connectivity index (χ0v) is 33.9. The molecule has 14 nitrogen and oxygen atoms in total. The Morgan fingerprint density at radius 3 is 1.78 bits per heavy atom. The van der Waals surface area contributed by atoms with Crippen LogP contribution in [0, 0.1) is 35.5 Å². The topological polar surface area (TPSA) is 247 Å². The number of carbonyl (C=O) groups excluding carboxylic acids is 1. The predicted octanol–water partition coefficient (Wildman–Crippen LogP) is 1.36. The van der Waals surface area contributed by atoms with E-state index in [9.17, 15) is 50.8 Å². The van der Waals surface area contributed by atoms with Gasteiger partial charge in [0.1, 0.15) is 49.3 Å². The van der Waals surface area contributed by atoms with Gasteiger partial charge in [-0.2, -0.15) is 0 Å². The van der Waals surface area contributed by atoms with E-state index >= 15 is 0 Å². The lowest BCUT2D eigenvalue weighted by Crippen LogP contribution is -2.60. The van der Waals surface area contributed by atoms with E-state index in [1.54, 1.807) is 33.8 Å². The van der Waals surface area contributed by atoms with Gasteiger partial charge in [-0.25, -0.2) is 4.79 Å². The van der Waals surface area contributed by atoms with E-state index in [0.717, 1.165) is 19.3 Å². The van der Waals surface area contributed by atoms with Gasteiger partial charge in [0.15, 0.2) is 6.29 Å². The third-order valence-corrected chi connectivity index (χ3v) is 10.7. The van der Waals surface area contributed by atoms with Crippen molar-refractivity contribution in [3.8, 4) is 0 Å². The largest absolute Gasteiger partial charge is 0.459 e. The summed E-state index contributed by atoms with van der Waals surface area (Å²) in [4.78, 5) is 12.5. The molecule has 17 atom stereocenters. The van der Waals surface area contributed by atoms with Crippen LogP contribution < -0.4 is 0 Å². The molecule has 0 amide bonds. The summed E-state index contributed by atoms with van der Waals surface area (Å²) in [6.07, 6.45) is -6.45. The molecule has 0 unspecified atom stereocenters. The van der Waals surface area contributed by atoms with Gasteiger partial charge >= 0.3 is 5.97 Å². The van der Waals surface area contributed by atoms with Crippen LogP contribution in [0.15, 0.2) is 34.9 Å². The molecule has 1 aliphatic heterocycles. The number of aliphatic hydroxyl groups is 10. The van der Waals surface area contributed by atoms with Crippen LogP contribution in [0.1, 0.15) is 88.5 Å². The van der Waals surface area contributed by atoms with Crippen molar-refractivity contribution in [1.29, 1.82) is 0 Å². The van der Waals surface area contributed by atoms with Crippen molar-refractivity contribution >= 4 is 5.97 Å². The van der Waals surface area contributed by atoms with Gasteiger partial charge in [0, 0.05) is 23.3 Å². The smallest absolute Gasteiger partial charge is 0.333 e. The van der Waals surface area contributed by atoms with Crippen LogP contribution in [0.4, 0.5) is 0 Å². The van der Waals surface area contributed by atoms with Gasteiger partial charge in [0.25, 0.3) is 0 Å². The Bertz CT molecular complexity index is 1190. The molecule has 0 saturated carbocycles. The van der Waals surface area contributed by atoms with E-state index in [1.807, 2.05) is 19.9 Å². The molecule has 0 aromatic carbocycles. The maximum Gasteiger partial charge on any atom is 0.333 e. The molecule has 0 bridgehead atoms. The summed E-state index contributed by atoms with van der Waals surface area (Å²) in [6, 6.07) is 0. The Labute approximate surface area is 321 Å². The van der Waals surface area contributed by atoms with Crippen LogP contribution >= 0.6 is 0 Å². The fourth-order valence-electron chi connectivity index (χ4n) is 7.16. The maximum absolute atomic E-state index is 12.5. The van der Waals surface area contributed by atoms with E-state index in [-0.39, 0.29) is 17.4 Å². The van der Waals surface area contributed by atoms with Gasteiger partial charge in [-0.15, -0.1) is 0 Å². The Hall–Kier alpha value is -1.79. The van der Waals surface area contributed by atoms with Gasteiger partial charge in [-0.3, -0.25) is 0 Å². The number of esters is 1. The van der Waals surface area contributed by atoms with Crippen molar-refractivity contribution < 1.29 is 70.1 Å². The highest BCUT2D eigenvalue weighted by atomic mass is 16.7. The average molecular weight is 777 g/mol. The third-order valence-electron chi connectivity index (χ3n) is 10.7. The van der Waals surface area contributed by atoms with E-state index in [1.165, 1.54) is 13.0 Å². The summed E-state index contributed by atoms with van der Waals surface area (Å²) in [5, 5.41) is 102. The van der Waals surface area contributed by atoms with Crippen LogP contribution in [0.5, 0.6) is 0 Å². The molecule has 1 heterocycles. The second-order valence-electron chi connectivity index (χ2n) is 15.9.